The molecule has 12 heavy (non-hydrogen) atoms. The lowest BCUT2D eigenvalue weighted by molar-refractivity contribution is 0.680. The fraction of sp³-hybridized carbons (Fsp3) is 0.818. The summed E-state index contributed by atoms with van der Waals surface area (Å²) in [6.07, 6.45) is 7.64. The molecule has 0 nitrogen and oxygen atoms in total. The summed E-state index contributed by atoms with van der Waals surface area (Å²) >= 11 is 1.76. The van der Waals surface area contributed by atoms with Gasteiger partial charge in [-0.15, -0.1) is 0 Å². The lowest BCUT2D eigenvalue weighted by Crippen LogP contribution is -1.73. The molecule has 0 aliphatic rings. The zero-order valence-corrected chi connectivity index (χ0v) is 9.17. The first kappa shape index (κ1) is 11.9. The summed E-state index contributed by atoms with van der Waals surface area (Å²) in [5.74, 6) is 4.37. The van der Waals surface area contributed by atoms with Gasteiger partial charge in [-0.05, 0) is 18.1 Å². The van der Waals surface area contributed by atoms with Crippen LogP contribution in [0.3, 0.4) is 0 Å². The first-order chi connectivity index (χ1) is 5.91. The monoisotopic (exact) mass is 184 g/mol. The third kappa shape index (κ3) is 9.91. The van der Waals surface area contributed by atoms with Gasteiger partial charge < -0.3 is 0 Å². The quantitative estimate of drug-likeness (QED) is 0.443. The fourth-order valence-corrected chi connectivity index (χ4v) is 1.41. The van der Waals surface area contributed by atoms with Crippen LogP contribution in [0, 0.1) is 11.2 Å². The molecule has 0 spiro atoms. The van der Waals surface area contributed by atoms with Gasteiger partial charge >= 0.3 is 0 Å². The molecule has 0 amide bonds. The Bertz CT molecular complexity index is 130. The highest BCUT2D eigenvalue weighted by Crippen LogP contribution is 2.02. The average Bonchev–Trinajstić information content (AvgIpc) is 2.10. The summed E-state index contributed by atoms with van der Waals surface area (Å²) < 4.78 is 0. The van der Waals surface area contributed by atoms with Gasteiger partial charge in [0.15, 0.2) is 0 Å². The molecule has 70 valence electrons. The van der Waals surface area contributed by atoms with Crippen molar-refractivity contribution in [3.63, 3.8) is 0 Å². The topological polar surface area (TPSA) is 0 Å². The van der Waals surface area contributed by atoms with E-state index >= 15 is 0 Å². The molecular weight excluding hydrogens is 164 g/mol. The molecule has 0 saturated carbocycles. The molecule has 1 heteroatoms. The Balaban J connectivity index is 2.99. The Morgan fingerprint density at radius 3 is 2.50 bits per heavy atom. The first-order valence-electron chi connectivity index (χ1n) is 5.01. The Morgan fingerprint density at radius 2 is 1.83 bits per heavy atom. The van der Waals surface area contributed by atoms with Crippen LogP contribution in [0.15, 0.2) is 0 Å². The predicted octanol–water partition coefficient (Wildman–Crippen LogP) is 4.06. The van der Waals surface area contributed by atoms with Crippen LogP contribution in [0.5, 0.6) is 0 Å². The van der Waals surface area contributed by atoms with Crippen molar-refractivity contribution in [3.8, 4) is 11.2 Å². The van der Waals surface area contributed by atoms with Gasteiger partial charge in [-0.25, -0.2) is 0 Å². The molecule has 0 aromatic carbocycles. The van der Waals surface area contributed by atoms with E-state index in [4.69, 9.17) is 0 Å². The number of hydrogen-bond acceptors (Lipinski definition) is 1. The van der Waals surface area contributed by atoms with Crippen molar-refractivity contribution in [2.45, 2.75) is 52.4 Å². The summed E-state index contributed by atoms with van der Waals surface area (Å²) in [5.41, 5.74) is 0. The van der Waals surface area contributed by atoms with Crippen molar-refractivity contribution in [2.24, 2.45) is 0 Å². The van der Waals surface area contributed by atoms with E-state index < -0.39 is 0 Å². The number of thioether (sulfide) groups is 1. The minimum Gasteiger partial charge on any atom is -0.0913 e. The van der Waals surface area contributed by atoms with Gasteiger partial charge in [0.05, 0.1) is 0 Å². The Labute approximate surface area is 81.5 Å². The van der Waals surface area contributed by atoms with Crippen LogP contribution in [0.1, 0.15) is 52.4 Å². The fourth-order valence-electron chi connectivity index (χ4n) is 0.895. The van der Waals surface area contributed by atoms with Gasteiger partial charge in [-0.2, -0.15) is 0 Å². The lowest BCUT2D eigenvalue weighted by Gasteiger charge is -1.91. The summed E-state index contributed by atoms with van der Waals surface area (Å²) in [6, 6.07) is 0. The highest BCUT2D eigenvalue weighted by Gasteiger charge is 1.83. The summed E-state index contributed by atoms with van der Waals surface area (Å²) in [7, 11) is 0. The molecule has 0 atom stereocenters. The maximum atomic E-state index is 3.19. The third-order valence-electron chi connectivity index (χ3n) is 1.61. The Kier molecular flexibility index (Phi) is 10.8. The molecule has 0 rings (SSSR count). The molecule has 0 radical (unpaired) electrons. The molecule has 0 N–H and O–H groups in total. The molecule has 0 heterocycles. The van der Waals surface area contributed by atoms with Crippen LogP contribution in [0.4, 0.5) is 0 Å². The van der Waals surface area contributed by atoms with Crippen molar-refractivity contribution in [3.05, 3.63) is 0 Å². The van der Waals surface area contributed by atoms with Crippen molar-refractivity contribution >= 4 is 11.8 Å². The normalized spacial score (nSPS) is 9.17. The van der Waals surface area contributed by atoms with Gasteiger partial charge in [-0.1, -0.05) is 50.8 Å². The maximum absolute atomic E-state index is 3.19. The second kappa shape index (κ2) is 10.9. The Morgan fingerprint density at radius 1 is 1.00 bits per heavy atom. The molecule has 0 bridgehead atoms. The molecule has 0 aromatic rings. The smallest absolute Gasteiger partial charge is 0.00976 e. The first-order valence-corrected chi connectivity index (χ1v) is 6.00. The lowest BCUT2D eigenvalue weighted by atomic mass is 10.2. The van der Waals surface area contributed by atoms with Crippen LogP contribution < -0.4 is 0 Å². The SMILES string of the molecule is CCCCCCC#CSCCC. The second-order valence-corrected chi connectivity index (χ2v) is 3.84. The largest absolute Gasteiger partial charge is 0.0913 e. The average molecular weight is 184 g/mol. The summed E-state index contributed by atoms with van der Waals surface area (Å²) in [6.45, 7) is 4.43. The summed E-state index contributed by atoms with van der Waals surface area (Å²) in [5, 5.41) is 3.13. The van der Waals surface area contributed by atoms with Crippen LogP contribution >= 0.6 is 11.8 Å². The van der Waals surface area contributed by atoms with Gasteiger partial charge in [0, 0.05) is 12.2 Å². The van der Waals surface area contributed by atoms with Crippen molar-refractivity contribution < 1.29 is 0 Å². The predicted molar refractivity (Wildman–Crippen MR) is 59.3 cm³/mol. The van der Waals surface area contributed by atoms with Crippen molar-refractivity contribution in [1.82, 2.24) is 0 Å². The zero-order chi connectivity index (χ0) is 9.07. The zero-order valence-electron chi connectivity index (χ0n) is 8.36. The van der Waals surface area contributed by atoms with E-state index in [9.17, 15) is 0 Å². The maximum Gasteiger partial charge on any atom is 0.00976 e. The van der Waals surface area contributed by atoms with E-state index in [1.165, 1.54) is 37.9 Å². The van der Waals surface area contributed by atoms with E-state index in [0.717, 1.165) is 6.42 Å². The van der Waals surface area contributed by atoms with Crippen LogP contribution in [-0.2, 0) is 0 Å². The van der Waals surface area contributed by atoms with Gasteiger partial charge in [0.1, 0.15) is 0 Å². The van der Waals surface area contributed by atoms with E-state index in [1.807, 2.05) is 0 Å². The molecule has 0 fully saturated rings. The molecule has 0 unspecified atom stereocenters. The van der Waals surface area contributed by atoms with Gasteiger partial charge in [0.25, 0.3) is 0 Å². The van der Waals surface area contributed by atoms with E-state index in [-0.39, 0.29) is 0 Å². The molecular formula is C11H20S. The van der Waals surface area contributed by atoms with Crippen LogP contribution in [-0.4, -0.2) is 5.75 Å². The molecule has 0 aliphatic carbocycles. The minimum atomic E-state index is 1.09. The van der Waals surface area contributed by atoms with E-state index in [2.05, 4.69) is 25.0 Å². The third-order valence-corrected chi connectivity index (χ3v) is 2.51. The molecule has 0 aliphatic heterocycles. The molecule has 0 saturated heterocycles. The van der Waals surface area contributed by atoms with Crippen LogP contribution in [0.25, 0.3) is 0 Å². The Hall–Kier alpha value is -0.0900. The van der Waals surface area contributed by atoms with Crippen molar-refractivity contribution in [1.29, 1.82) is 0 Å². The number of unbranched alkanes of at least 4 members (excludes halogenated alkanes) is 4. The standard InChI is InChI=1S/C11H20S/c1-3-5-6-7-8-9-11-12-10-4-2/h3-8,10H2,1-2H3. The van der Waals surface area contributed by atoms with E-state index in [0.29, 0.717) is 0 Å². The van der Waals surface area contributed by atoms with Crippen molar-refractivity contribution in [2.75, 3.05) is 5.75 Å². The molecule has 0 aromatic heterocycles. The van der Waals surface area contributed by atoms with Gasteiger partial charge in [-0.3, -0.25) is 0 Å². The second-order valence-electron chi connectivity index (χ2n) is 2.94. The highest BCUT2D eigenvalue weighted by molar-refractivity contribution is 8.03. The van der Waals surface area contributed by atoms with E-state index in [1.54, 1.807) is 11.8 Å². The highest BCUT2D eigenvalue weighted by atomic mass is 32.2. The number of rotatable bonds is 6. The number of hydrogen-bond donors (Lipinski definition) is 0. The van der Waals surface area contributed by atoms with Gasteiger partial charge in [0.2, 0.25) is 0 Å². The minimum absolute atomic E-state index is 1.09. The van der Waals surface area contributed by atoms with Crippen LogP contribution in [0.2, 0.25) is 0 Å². The summed E-state index contributed by atoms with van der Waals surface area (Å²) in [4.78, 5) is 0.